The zero-order chi connectivity index (χ0) is 17.2. The van der Waals surface area contributed by atoms with Crippen molar-refractivity contribution in [2.45, 2.75) is 13.5 Å². The molecule has 0 fully saturated rings. The lowest BCUT2D eigenvalue weighted by Crippen LogP contribution is -2.32. The molecule has 0 saturated heterocycles. The molecule has 0 saturated carbocycles. The predicted octanol–water partition coefficient (Wildman–Crippen LogP) is 1.56. The number of carbonyl (C=O) groups is 2. The lowest BCUT2D eigenvalue weighted by molar-refractivity contribution is -0.119. The van der Waals surface area contributed by atoms with Gasteiger partial charge in [0.05, 0.1) is 7.11 Å². The van der Waals surface area contributed by atoms with E-state index in [1.807, 2.05) is 0 Å². The number of carbonyl (C=O) groups excluding carboxylic acids is 2. The van der Waals surface area contributed by atoms with E-state index in [2.05, 4.69) is 15.4 Å². The van der Waals surface area contributed by atoms with Crippen molar-refractivity contribution in [3.8, 4) is 11.5 Å². The zero-order valence-electron chi connectivity index (χ0n) is 12.8. The first-order valence-electron chi connectivity index (χ1n) is 6.75. The third kappa shape index (κ3) is 7.25. The van der Waals surface area contributed by atoms with Gasteiger partial charge in [0.2, 0.25) is 11.8 Å². The maximum absolute atomic E-state index is 12.2. The van der Waals surface area contributed by atoms with Gasteiger partial charge in [-0.3, -0.25) is 9.59 Å². The highest BCUT2D eigenvalue weighted by Crippen LogP contribution is 2.29. The quantitative estimate of drug-likeness (QED) is 0.561. The van der Waals surface area contributed by atoms with Crippen molar-refractivity contribution < 1.29 is 27.8 Å². The van der Waals surface area contributed by atoms with Crippen LogP contribution in [-0.2, 0) is 9.59 Å². The smallest absolute Gasteiger partial charge is 0.387 e. The molecule has 1 rings (SSSR count). The first-order valence-corrected chi connectivity index (χ1v) is 6.75. The standard InChI is InChI=1S/C15H18F2N2O4/c1-10(20)18-7-8-19-14(21)6-4-11-3-5-12(23-15(16)17)13(9-11)22-2/h3-6,9,15H,7-8H2,1-2H3,(H,18,20)(H,19,21). The Labute approximate surface area is 132 Å². The molecule has 0 aliphatic heterocycles. The van der Waals surface area contributed by atoms with E-state index in [-0.39, 0.29) is 23.3 Å². The summed E-state index contributed by atoms with van der Waals surface area (Å²) >= 11 is 0. The van der Waals surface area contributed by atoms with Crippen molar-refractivity contribution >= 4 is 17.9 Å². The maximum atomic E-state index is 12.2. The van der Waals surface area contributed by atoms with Crippen molar-refractivity contribution in [2.75, 3.05) is 20.2 Å². The highest BCUT2D eigenvalue weighted by Gasteiger charge is 2.10. The molecular formula is C15H18F2N2O4. The van der Waals surface area contributed by atoms with Gasteiger partial charge in [-0.25, -0.2) is 0 Å². The van der Waals surface area contributed by atoms with Crippen molar-refractivity contribution in [1.29, 1.82) is 0 Å². The van der Waals surface area contributed by atoms with Crippen LogP contribution in [0.3, 0.4) is 0 Å². The van der Waals surface area contributed by atoms with Crippen LogP contribution in [0.5, 0.6) is 11.5 Å². The van der Waals surface area contributed by atoms with Crippen molar-refractivity contribution in [3.05, 3.63) is 29.8 Å². The van der Waals surface area contributed by atoms with E-state index in [4.69, 9.17) is 4.74 Å². The summed E-state index contributed by atoms with van der Waals surface area (Å²) in [7, 11) is 1.33. The number of benzene rings is 1. The Hall–Kier alpha value is -2.64. The second-order valence-electron chi connectivity index (χ2n) is 4.40. The van der Waals surface area contributed by atoms with E-state index in [9.17, 15) is 18.4 Å². The van der Waals surface area contributed by atoms with Crippen LogP contribution in [0.25, 0.3) is 6.08 Å². The Bertz CT molecular complexity index is 577. The van der Waals surface area contributed by atoms with E-state index in [0.29, 0.717) is 18.7 Å². The fraction of sp³-hybridized carbons (Fsp3) is 0.333. The lowest BCUT2D eigenvalue weighted by atomic mass is 10.2. The SMILES string of the molecule is COc1cc(C=CC(=O)NCCNC(C)=O)ccc1OC(F)F. The number of hydrogen-bond donors (Lipinski definition) is 2. The van der Waals surface area contributed by atoms with Crippen LogP contribution in [0.4, 0.5) is 8.78 Å². The van der Waals surface area contributed by atoms with Gasteiger partial charge in [0, 0.05) is 26.1 Å². The Balaban J connectivity index is 2.58. The number of hydrogen-bond acceptors (Lipinski definition) is 4. The fourth-order valence-corrected chi connectivity index (χ4v) is 1.64. The highest BCUT2D eigenvalue weighted by molar-refractivity contribution is 5.91. The Kier molecular flexibility index (Phi) is 7.52. The maximum Gasteiger partial charge on any atom is 0.387 e. The normalized spacial score (nSPS) is 10.7. The molecule has 2 N–H and O–H groups in total. The van der Waals surface area contributed by atoms with Gasteiger partial charge in [0.25, 0.3) is 0 Å². The van der Waals surface area contributed by atoms with E-state index >= 15 is 0 Å². The van der Waals surface area contributed by atoms with Gasteiger partial charge >= 0.3 is 6.61 Å². The summed E-state index contributed by atoms with van der Waals surface area (Å²) in [5.41, 5.74) is 0.584. The van der Waals surface area contributed by atoms with Gasteiger partial charge in [-0.05, 0) is 23.8 Å². The van der Waals surface area contributed by atoms with E-state index in [1.165, 1.54) is 44.4 Å². The Morgan fingerprint density at radius 2 is 1.91 bits per heavy atom. The molecule has 1 aromatic carbocycles. The monoisotopic (exact) mass is 328 g/mol. The highest BCUT2D eigenvalue weighted by atomic mass is 19.3. The molecular weight excluding hydrogens is 310 g/mol. The van der Waals surface area contributed by atoms with Crippen LogP contribution in [0.15, 0.2) is 24.3 Å². The Morgan fingerprint density at radius 1 is 1.22 bits per heavy atom. The second-order valence-corrected chi connectivity index (χ2v) is 4.40. The van der Waals surface area contributed by atoms with Crippen molar-refractivity contribution in [1.82, 2.24) is 10.6 Å². The topological polar surface area (TPSA) is 76.7 Å². The summed E-state index contributed by atoms with van der Waals surface area (Å²) < 4.78 is 33.7. The molecule has 0 heterocycles. The van der Waals surface area contributed by atoms with Gasteiger partial charge < -0.3 is 20.1 Å². The Morgan fingerprint density at radius 3 is 2.52 bits per heavy atom. The molecule has 0 aliphatic rings. The summed E-state index contributed by atoms with van der Waals surface area (Å²) in [5.74, 6) is -0.465. The first-order chi connectivity index (χ1) is 10.9. The van der Waals surface area contributed by atoms with Gasteiger partial charge in [0.1, 0.15) is 0 Å². The third-order valence-electron chi connectivity index (χ3n) is 2.63. The van der Waals surface area contributed by atoms with E-state index in [1.54, 1.807) is 0 Å². The van der Waals surface area contributed by atoms with Crippen LogP contribution in [0.1, 0.15) is 12.5 Å². The third-order valence-corrected chi connectivity index (χ3v) is 2.63. The molecule has 0 bridgehead atoms. The van der Waals surface area contributed by atoms with Crippen LogP contribution >= 0.6 is 0 Å². The van der Waals surface area contributed by atoms with Crippen LogP contribution in [0, 0.1) is 0 Å². The minimum absolute atomic E-state index is 0.0839. The van der Waals surface area contributed by atoms with Gasteiger partial charge in [0.15, 0.2) is 11.5 Å². The molecule has 0 radical (unpaired) electrons. The van der Waals surface area contributed by atoms with E-state index in [0.717, 1.165) is 0 Å². The summed E-state index contributed by atoms with van der Waals surface area (Å²) in [4.78, 5) is 22.2. The fourth-order valence-electron chi connectivity index (χ4n) is 1.64. The number of rotatable bonds is 8. The van der Waals surface area contributed by atoms with Gasteiger partial charge in [-0.1, -0.05) is 6.07 Å². The largest absolute Gasteiger partial charge is 0.493 e. The average molecular weight is 328 g/mol. The zero-order valence-corrected chi connectivity index (χ0v) is 12.8. The molecule has 0 spiro atoms. The number of alkyl halides is 2. The predicted molar refractivity (Wildman–Crippen MR) is 80.4 cm³/mol. The first kappa shape index (κ1) is 18.4. The summed E-state index contributed by atoms with van der Waals surface area (Å²) in [6, 6.07) is 4.32. The van der Waals surface area contributed by atoms with Gasteiger partial charge in [-0.15, -0.1) is 0 Å². The minimum atomic E-state index is -2.94. The van der Waals surface area contributed by atoms with Crippen LogP contribution in [0.2, 0.25) is 0 Å². The second kappa shape index (κ2) is 9.39. The van der Waals surface area contributed by atoms with Crippen molar-refractivity contribution in [2.24, 2.45) is 0 Å². The van der Waals surface area contributed by atoms with Crippen LogP contribution < -0.4 is 20.1 Å². The van der Waals surface area contributed by atoms with Crippen molar-refractivity contribution in [3.63, 3.8) is 0 Å². The number of amides is 2. The molecule has 23 heavy (non-hydrogen) atoms. The molecule has 0 atom stereocenters. The molecule has 6 nitrogen and oxygen atoms in total. The summed E-state index contributed by atoms with van der Waals surface area (Å²) in [6.45, 7) is -0.925. The molecule has 0 aromatic heterocycles. The van der Waals surface area contributed by atoms with Crippen LogP contribution in [-0.4, -0.2) is 38.6 Å². The number of nitrogens with one attached hydrogen (secondary N) is 2. The molecule has 1 aromatic rings. The number of ether oxygens (including phenoxy) is 2. The molecule has 0 aliphatic carbocycles. The minimum Gasteiger partial charge on any atom is -0.493 e. The molecule has 2 amide bonds. The molecule has 8 heteroatoms. The average Bonchev–Trinajstić information content (AvgIpc) is 2.49. The number of methoxy groups -OCH3 is 1. The summed E-state index contributed by atoms with van der Waals surface area (Å²) in [5, 5.41) is 5.12. The van der Waals surface area contributed by atoms with E-state index < -0.39 is 6.61 Å². The molecule has 126 valence electrons. The molecule has 0 unspecified atom stereocenters. The van der Waals surface area contributed by atoms with Gasteiger partial charge in [-0.2, -0.15) is 8.78 Å². The lowest BCUT2D eigenvalue weighted by Gasteiger charge is -2.10. The number of halogens is 2. The summed E-state index contributed by atoms with van der Waals surface area (Å²) in [6.07, 6.45) is 2.79.